The molecule has 3 fully saturated rings. The van der Waals surface area contributed by atoms with Crippen LogP contribution in [0.25, 0.3) is 11.3 Å². The lowest BCUT2D eigenvalue weighted by Crippen LogP contribution is -2.72. The van der Waals surface area contributed by atoms with Crippen LogP contribution in [-0.4, -0.2) is 54.1 Å². The second kappa shape index (κ2) is 10.7. The van der Waals surface area contributed by atoms with Crippen molar-refractivity contribution in [1.29, 1.82) is 0 Å². The van der Waals surface area contributed by atoms with Crippen LogP contribution in [0.15, 0.2) is 39.8 Å². The van der Waals surface area contributed by atoms with Crippen molar-refractivity contribution in [2.45, 2.75) is 96.6 Å². The van der Waals surface area contributed by atoms with E-state index in [1.807, 2.05) is 13.8 Å². The van der Waals surface area contributed by atoms with Crippen LogP contribution in [-0.2, 0) is 23.7 Å². The molecule has 228 valence electrons. The molecule has 4 heterocycles. The lowest BCUT2D eigenvalue weighted by atomic mass is 9.42. The van der Waals surface area contributed by atoms with E-state index in [9.17, 15) is 14.7 Å². The Morgan fingerprint density at radius 2 is 2.05 bits per heavy atom. The minimum atomic E-state index is -1.21. The standard InChI is InChI=1S/C32H41NO9/c1-6-7-10-24(34)40-23-15-21-30(2,12-11-22-31(21,3)17-38-29(37-5)41-22)27-26(35)25-20(42-32(23,27)4)14-19(39-28(25)36)18-9-8-13-33-16-18/h8-9,13-14,16,21-23,26-27,29,35H,6-7,10-12,15,17H2,1-5H3/t21-,22+,23+,26+,27-,29-,30+,31+,32-/m1/s1. The van der Waals surface area contributed by atoms with E-state index in [1.54, 1.807) is 37.7 Å². The number of carbonyl (C=O) groups is 1. The van der Waals surface area contributed by atoms with Crippen molar-refractivity contribution >= 4 is 5.97 Å². The third-order valence-corrected chi connectivity index (χ3v) is 10.5. The summed E-state index contributed by atoms with van der Waals surface area (Å²) in [6.07, 6.45) is 5.00. The first-order chi connectivity index (χ1) is 20.0. The summed E-state index contributed by atoms with van der Waals surface area (Å²) >= 11 is 0. The molecule has 1 saturated heterocycles. The van der Waals surface area contributed by atoms with Crippen molar-refractivity contribution in [3.8, 4) is 17.1 Å². The van der Waals surface area contributed by atoms with Crippen molar-refractivity contribution in [2.75, 3.05) is 13.7 Å². The third kappa shape index (κ3) is 4.49. The fraction of sp³-hybridized carbons (Fsp3) is 0.656. The van der Waals surface area contributed by atoms with Crippen LogP contribution in [0, 0.1) is 22.7 Å². The molecule has 2 aliphatic heterocycles. The van der Waals surface area contributed by atoms with Crippen LogP contribution in [0.2, 0.25) is 0 Å². The Balaban J connectivity index is 1.45. The van der Waals surface area contributed by atoms with E-state index in [0.29, 0.717) is 44.3 Å². The van der Waals surface area contributed by atoms with Crippen LogP contribution in [0.4, 0.5) is 0 Å². The minimum Gasteiger partial charge on any atom is -0.482 e. The van der Waals surface area contributed by atoms with Crippen LogP contribution in [0.5, 0.6) is 5.75 Å². The van der Waals surface area contributed by atoms with Crippen molar-refractivity contribution < 1.29 is 38.0 Å². The summed E-state index contributed by atoms with van der Waals surface area (Å²) in [5.74, 6) is -0.434. The number of rotatable bonds is 6. The molecule has 2 aromatic rings. The van der Waals surface area contributed by atoms with E-state index >= 15 is 0 Å². The number of carbonyl (C=O) groups excluding carboxylic acids is 1. The summed E-state index contributed by atoms with van der Waals surface area (Å²) in [5.41, 5.74) is -2.04. The Kier molecular flexibility index (Phi) is 7.48. The molecule has 9 atom stereocenters. The van der Waals surface area contributed by atoms with Gasteiger partial charge in [-0.2, -0.15) is 0 Å². The quantitative estimate of drug-likeness (QED) is 0.475. The average Bonchev–Trinajstić information content (AvgIpc) is 2.96. The van der Waals surface area contributed by atoms with Crippen LogP contribution < -0.4 is 10.4 Å². The number of hydrogen-bond donors (Lipinski definition) is 1. The van der Waals surface area contributed by atoms with Gasteiger partial charge in [-0.1, -0.05) is 27.2 Å². The number of hydrogen-bond acceptors (Lipinski definition) is 10. The van der Waals surface area contributed by atoms with E-state index in [-0.39, 0.29) is 35.1 Å². The summed E-state index contributed by atoms with van der Waals surface area (Å²) < 4.78 is 36.2. The Bertz CT molecular complexity index is 1380. The molecule has 2 aliphatic carbocycles. The first-order valence-corrected chi connectivity index (χ1v) is 15.0. The fourth-order valence-corrected chi connectivity index (χ4v) is 8.49. The van der Waals surface area contributed by atoms with Gasteiger partial charge in [0, 0.05) is 48.9 Å². The molecule has 2 saturated carbocycles. The molecule has 4 aliphatic rings. The highest BCUT2D eigenvalue weighted by molar-refractivity contribution is 5.69. The molecule has 10 heteroatoms. The van der Waals surface area contributed by atoms with E-state index in [2.05, 4.69) is 18.8 Å². The number of unbranched alkanes of at least 4 members (excludes halogenated alkanes) is 1. The van der Waals surface area contributed by atoms with Gasteiger partial charge in [-0.25, -0.2) is 4.79 Å². The molecule has 10 nitrogen and oxygen atoms in total. The van der Waals surface area contributed by atoms with Gasteiger partial charge >= 0.3 is 11.6 Å². The highest BCUT2D eigenvalue weighted by atomic mass is 16.8. The molecule has 0 aromatic carbocycles. The lowest BCUT2D eigenvalue weighted by Gasteiger charge is -2.67. The predicted molar refractivity (Wildman–Crippen MR) is 150 cm³/mol. The zero-order valence-electron chi connectivity index (χ0n) is 25.0. The Morgan fingerprint density at radius 3 is 2.76 bits per heavy atom. The van der Waals surface area contributed by atoms with Gasteiger partial charge in [0.2, 0.25) is 0 Å². The molecule has 0 radical (unpaired) electrons. The Labute approximate surface area is 245 Å². The van der Waals surface area contributed by atoms with E-state index in [0.717, 1.165) is 6.42 Å². The number of fused-ring (bicyclic) bond motifs is 6. The van der Waals surface area contributed by atoms with Gasteiger partial charge in [-0.05, 0) is 56.1 Å². The van der Waals surface area contributed by atoms with Gasteiger partial charge < -0.3 is 33.2 Å². The summed E-state index contributed by atoms with van der Waals surface area (Å²) in [6.45, 7) is 7.88. The topological polar surface area (TPSA) is 127 Å². The average molecular weight is 584 g/mol. The normalized spacial score (nSPS) is 38.7. The maximum absolute atomic E-state index is 13.5. The number of aliphatic hydroxyl groups excluding tert-OH is 1. The first-order valence-electron chi connectivity index (χ1n) is 15.0. The maximum Gasteiger partial charge on any atom is 0.345 e. The highest BCUT2D eigenvalue weighted by Crippen LogP contribution is 2.68. The number of ether oxygens (including phenoxy) is 5. The Hall–Kier alpha value is -2.79. The number of nitrogens with zero attached hydrogens (tertiary/aromatic N) is 1. The van der Waals surface area contributed by atoms with Crippen LogP contribution in [0.1, 0.15) is 77.9 Å². The van der Waals surface area contributed by atoms with E-state index in [1.165, 1.54) is 0 Å². The van der Waals surface area contributed by atoms with Crippen molar-refractivity contribution in [1.82, 2.24) is 4.98 Å². The van der Waals surface area contributed by atoms with Crippen LogP contribution >= 0.6 is 0 Å². The number of esters is 1. The zero-order chi connectivity index (χ0) is 29.9. The SMILES string of the molecule is CCCCC(=O)O[C@H]1C[C@H]2[C@]3(C)CO[C@@H](OC)O[C@H]3CC[C@]2(C)[C@H]2[C@@H](O)c3c(cc(-c4cccnc4)oc3=O)O[C@]12C. The van der Waals surface area contributed by atoms with Gasteiger partial charge in [0.15, 0.2) is 0 Å². The van der Waals surface area contributed by atoms with E-state index < -0.39 is 46.7 Å². The van der Waals surface area contributed by atoms with Crippen molar-refractivity contribution in [3.05, 3.63) is 46.6 Å². The van der Waals surface area contributed by atoms with Gasteiger partial charge in [-0.15, -0.1) is 0 Å². The number of pyridine rings is 1. The number of methoxy groups -OCH3 is 1. The molecular weight excluding hydrogens is 542 g/mol. The van der Waals surface area contributed by atoms with Gasteiger partial charge in [0.05, 0.1) is 18.8 Å². The van der Waals surface area contributed by atoms with Gasteiger partial charge in [-0.3, -0.25) is 9.78 Å². The lowest BCUT2D eigenvalue weighted by molar-refractivity contribution is -0.383. The smallest absolute Gasteiger partial charge is 0.345 e. The molecule has 42 heavy (non-hydrogen) atoms. The summed E-state index contributed by atoms with van der Waals surface area (Å²) in [4.78, 5) is 30.7. The summed E-state index contributed by atoms with van der Waals surface area (Å²) in [7, 11) is 1.55. The molecule has 0 unspecified atom stereocenters. The van der Waals surface area contributed by atoms with Crippen LogP contribution in [0.3, 0.4) is 0 Å². The molecule has 2 aromatic heterocycles. The number of aliphatic hydroxyl groups is 1. The fourth-order valence-electron chi connectivity index (χ4n) is 8.49. The molecule has 0 amide bonds. The second-order valence-corrected chi connectivity index (χ2v) is 13.0. The third-order valence-electron chi connectivity index (χ3n) is 10.5. The molecule has 6 rings (SSSR count). The Morgan fingerprint density at radius 1 is 1.24 bits per heavy atom. The van der Waals surface area contributed by atoms with Crippen molar-refractivity contribution in [3.63, 3.8) is 0 Å². The summed E-state index contributed by atoms with van der Waals surface area (Å²) in [6, 6.07) is 5.17. The van der Waals surface area contributed by atoms with Crippen molar-refractivity contribution in [2.24, 2.45) is 22.7 Å². The second-order valence-electron chi connectivity index (χ2n) is 13.0. The zero-order valence-corrected chi connectivity index (χ0v) is 25.0. The molecule has 0 bridgehead atoms. The molecule has 1 N–H and O–H groups in total. The first kappa shape index (κ1) is 29.3. The largest absolute Gasteiger partial charge is 0.482 e. The van der Waals surface area contributed by atoms with Gasteiger partial charge in [0.1, 0.15) is 28.8 Å². The monoisotopic (exact) mass is 583 g/mol. The van der Waals surface area contributed by atoms with E-state index in [4.69, 9.17) is 28.1 Å². The summed E-state index contributed by atoms with van der Waals surface area (Å²) in [5, 5.41) is 12.1. The maximum atomic E-state index is 13.5. The highest BCUT2D eigenvalue weighted by Gasteiger charge is 2.71. The number of aromatic nitrogens is 1. The minimum absolute atomic E-state index is 0.0786. The predicted octanol–water partition coefficient (Wildman–Crippen LogP) is 4.78. The molecular formula is C32H41NO9. The van der Waals surface area contributed by atoms with Gasteiger partial charge in [0.25, 0.3) is 6.48 Å². The molecule has 0 spiro atoms.